The molecule has 0 amide bonds. The highest BCUT2D eigenvalue weighted by molar-refractivity contribution is 14.1. The van der Waals surface area contributed by atoms with Crippen LogP contribution in [0.3, 0.4) is 0 Å². The molecule has 0 radical (unpaired) electrons. The van der Waals surface area contributed by atoms with Crippen LogP contribution in [0.2, 0.25) is 0 Å². The average Bonchev–Trinajstić information content (AvgIpc) is 2.84. The van der Waals surface area contributed by atoms with Crippen LogP contribution < -0.4 is 9.47 Å². The lowest BCUT2D eigenvalue weighted by molar-refractivity contribution is 0.103. The van der Waals surface area contributed by atoms with Crippen molar-refractivity contribution in [3.05, 3.63) is 106 Å². The molecule has 0 spiro atoms. The molecule has 0 aliphatic rings. The molecular weight excluding hydrogens is 499 g/mol. The van der Waals surface area contributed by atoms with Gasteiger partial charge in [0.15, 0.2) is 5.78 Å². The van der Waals surface area contributed by atoms with Crippen LogP contribution in [-0.2, 0) is 0 Å². The van der Waals surface area contributed by atoms with Crippen LogP contribution in [-0.4, -0.2) is 20.0 Å². The first-order valence-electron chi connectivity index (χ1n) is 9.83. The van der Waals surface area contributed by atoms with Crippen LogP contribution in [0.4, 0.5) is 0 Å². The van der Waals surface area contributed by atoms with E-state index in [-0.39, 0.29) is 5.78 Å². The van der Waals surface area contributed by atoms with Crippen LogP contribution >= 0.6 is 22.6 Å². The molecule has 0 unspecified atom stereocenters. The minimum absolute atomic E-state index is 0.0159. The third-order valence-electron chi connectivity index (χ3n) is 5.18. The second-order valence-electron chi connectivity index (χ2n) is 7.04. The molecule has 0 aliphatic heterocycles. The fourth-order valence-electron chi connectivity index (χ4n) is 3.51. The minimum Gasteiger partial charge on any atom is -0.496 e. The highest BCUT2D eigenvalue weighted by atomic mass is 127. The van der Waals surface area contributed by atoms with E-state index in [9.17, 15) is 4.79 Å². The number of rotatable bonds is 6. The van der Waals surface area contributed by atoms with Crippen LogP contribution in [0.25, 0.3) is 22.3 Å². The molecule has 4 rings (SSSR count). The molecule has 0 bridgehead atoms. The van der Waals surface area contributed by atoms with Gasteiger partial charge in [-0.1, -0.05) is 72.8 Å². The predicted octanol–water partition coefficient (Wildman–Crippen LogP) is 6.87. The van der Waals surface area contributed by atoms with Crippen LogP contribution in [0.5, 0.6) is 11.5 Å². The molecule has 0 aromatic heterocycles. The van der Waals surface area contributed by atoms with Crippen molar-refractivity contribution in [1.82, 2.24) is 0 Å². The number of ether oxygens (including phenoxy) is 2. The van der Waals surface area contributed by atoms with E-state index in [0.717, 1.165) is 37.3 Å². The summed E-state index contributed by atoms with van der Waals surface area (Å²) in [6.45, 7) is 0. The van der Waals surface area contributed by atoms with Gasteiger partial charge in [0.25, 0.3) is 0 Å². The maximum absolute atomic E-state index is 12.7. The maximum atomic E-state index is 12.7. The summed E-state index contributed by atoms with van der Waals surface area (Å²) in [5.41, 5.74) is 5.43. The monoisotopic (exact) mass is 520 g/mol. The van der Waals surface area contributed by atoms with Crippen molar-refractivity contribution in [2.75, 3.05) is 14.2 Å². The van der Waals surface area contributed by atoms with E-state index in [1.165, 1.54) is 0 Å². The molecule has 0 N–H and O–H groups in total. The summed E-state index contributed by atoms with van der Waals surface area (Å²) < 4.78 is 12.2. The third kappa shape index (κ3) is 4.49. The van der Waals surface area contributed by atoms with Gasteiger partial charge < -0.3 is 9.47 Å². The van der Waals surface area contributed by atoms with Gasteiger partial charge in [0, 0.05) is 16.7 Å². The van der Waals surface area contributed by atoms with Gasteiger partial charge in [-0.15, -0.1) is 0 Å². The number of carbonyl (C=O) groups excluding carboxylic acids is 1. The van der Waals surface area contributed by atoms with Crippen molar-refractivity contribution in [2.45, 2.75) is 0 Å². The standard InChI is InChI=1S/C27H21IO3/c1-30-25-16-21(22-13-15-24(28)26(17-22)31-2)12-14-23(25)18-8-10-20(11-9-18)27(29)19-6-4-3-5-7-19/h3-17H,1-2H3. The molecule has 0 saturated carbocycles. The lowest BCUT2D eigenvalue weighted by Crippen LogP contribution is -2.00. The molecule has 0 fully saturated rings. The highest BCUT2D eigenvalue weighted by Crippen LogP contribution is 2.36. The Morgan fingerprint density at radius 3 is 1.84 bits per heavy atom. The Labute approximate surface area is 195 Å². The van der Waals surface area contributed by atoms with Crippen molar-refractivity contribution < 1.29 is 14.3 Å². The lowest BCUT2D eigenvalue weighted by atomic mass is 9.96. The van der Waals surface area contributed by atoms with E-state index in [1.54, 1.807) is 14.2 Å². The van der Waals surface area contributed by atoms with Gasteiger partial charge in [0.05, 0.1) is 17.8 Å². The zero-order chi connectivity index (χ0) is 21.8. The summed E-state index contributed by atoms with van der Waals surface area (Å²) in [5, 5.41) is 0. The zero-order valence-electron chi connectivity index (χ0n) is 17.3. The van der Waals surface area contributed by atoms with Crippen LogP contribution in [0.1, 0.15) is 15.9 Å². The number of carbonyl (C=O) groups is 1. The Hall–Kier alpha value is -3.12. The SMILES string of the molecule is COc1cc(-c2ccc(-c3ccc(C(=O)c4ccccc4)cc3)c(OC)c2)ccc1I. The number of benzene rings is 4. The van der Waals surface area contributed by atoms with Gasteiger partial charge in [0.2, 0.25) is 0 Å². The summed E-state index contributed by atoms with van der Waals surface area (Å²) in [6.07, 6.45) is 0. The molecular formula is C27H21IO3. The average molecular weight is 520 g/mol. The fraction of sp³-hybridized carbons (Fsp3) is 0.0741. The molecule has 0 aliphatic carbocycles. The first kappa shape index (κ1) is 21.1. The summed E-state index contributed by atoms with van der Waals surface area (Å²) in [7, 11) is 3.35. The summed E-state index contributed by atoms with van der Waals surface area (Å²) in [5.74, 6) is 1.64. The second-order valence-corrected chi connectivity index (χ2v) is 8.20. The van der Waals surface area contributed by atoms with E-state index >= 15 is 0 Å². The first-order valence-corrected chi connectivity index (χ1v) is 10.9. The van der Waals surface area contributed by atoms with Gasteiger partial charge in [-0.3, -0.25) is 4.79 Å². The quantitative estimate of drug-likeness (QED) is 0.206. The lowest BCUT2D eigenvalue weighted by Gasteiger charge is -2.13. The molecule has 4 aromatic rings. The van der Waals surface area contributed by atoms with E-state index in [2.05, 4.69) is 34.7 Å². The van der Waals surface area contributed by atoms with Crippen molar-refractivity contribution in [1.29, 1.82) is 0 Å². The molecule has 4 heteroatoms. The smallest absolute Gasteiger partial charge is 0.193 e. The minimum atomic E-state index is 0.0159. The Bertz CT molecular complexity index is 1220. The number of hydrogen-bond donors (Lipinski definition) is 0. The molecule has 0 saturated heterocycles. The zero-order valence-corrected chi connectivity index (χ0v) is 19.4. The van der Waals surface area contributed by atoms with Gasteiger partial charge in [-0.2, -0.15) is 0 Å². The fourth-order valence-corrected chi connectivity index (χ4v) is 4.06. The third-order valence-corrected chi connectivity index (χ3v) is 6.07. The first-order chi connectivity index (χ1) is 15.1. The van der Waals surface area contributed by atoms with Gasteiger partial charge in [-0.25, -0.2) is 0 Å². The number of halogens is 1. The molecule has 3 nitrogen and oxygen atoms in total. The van der Waals surface area contributed by atoms with E-state index in [4.69, 9.17) is 9.47 Å². The Balaban J connectivity index is 1.65. The van der Waals surface area contributed by atoms with Crippen molar-refractivity contribution in [3.8, 4) is 33.8 Å². The predicted molar refractivity (Wildman–Crippen MR) is 133 cm³/mol. The topological polar surface area (TPSA) is 35.5 Å². The van der Waals surface area contributed by atoms with E-state index in [1.807, 2.05) is 78.9 Å². The molecule has 0 atom stereocenters. The van der Waals surface area contributed by atoms with Crippen molar-refractivity contribution >= 4 is 28.4 Å². The van der Waals surface area contributed by atoms with Crippen molar-refractivity contribution in [2.24, 2.45) is 0 Å². The van der Waals surface area contributed by atoms with Gasteiger partial charge in [0.1, 0.15) is 11.5 Å². The second kappa shape index (κ2) is 9.35. The van der Waals surface area contributed by atoms with Gasteiger partial charge in [-0.05, 0) is 57.5 Å². The number of ketones is 1. The van der Waals surface area contributed by atoms with E-state index < -0.39 is 0 Å². The van der Waals surface area contributed by atoms with Crippen LogP contribution in [0, 0.1) is 3.57 Å². The number of hydrogen-bond acceptors (Lipinski definition) is 3. The summed E-state index contributed by atoms with van der Waals surface area (Å²) in [4.78, 5) is 12.7. The highest BCUT2D eigenvalue weighted by Gasteiger charge is 2.12. The summed E-state index contributed by atoms with van der Waals surface area (Å²) in [6, 6.07) is 29.2. The van der Waals surface area contributed by atoms with Gasteiger partial charge >= 0.3 is 0 Å². The largest absolute Gasteiger partial charge is 0.496 e. The Morgan fingerprint density at radius 1 is 0.645 bits per heavy atom. The Morgan fingerprint density at radius 2 is 1.19 bits per heavy atom. The molecule has 31 heavy (non-hydrogen) atoms. The molecule has 0 heterocycles. The summed E-state index contributed by atoms with van der Waals surface area (Å²) >= 11 is 2.26. The maximum Gasteiger partial charge on any atom is 0.193 e. The van der Waals surface area contributed by atoms with Crippen molar-refractivity contribution in [3.63, 3.8) is 0 Å². The Kier molecular flexibility index (Phi) is 6.37. The number of methoxy groups -OCH3 is 2. The molecule has 4 aromatic carbocycles. The molecule has 154 valence electrons. The normalized spacial score (nSPS) is 10.5. The van der Waals surface area contributed by atoms with Crippen LogP contribution in [0.15, 0.2) is 91.0 Å². The van der Waals surface area contributed by atoms with E-state index in [0.29, 0.717) is 11.1 Å².